The second-order valence-electron chi connectivity index (χ2n) is 6.08. The van der Waals surface area contributed by atoms with Gasteiger partial charge in [0, 0.05) is 31.6 Å². The van der Waals surface area contributed by atoms with Crippen molar-refractivity contribution in [1.82, 2.24) is 5.32 Å². The summed E-state index contributed by atoms with van der Waals surface area (Å²) in [6.45, 7) is 0.697. The van der Waals surface area contributed by atoms with Gasteiger partial charge in [0.05, 0.1) is 0 Å². The number of hydrogen-bond acceptors (Lipinski definition) is 2. The van der Waals surface area contributed by atoms with Gasteiger partial charge in [-0.2, -0.15) is 0 Å². The molecule has 0 saturated heterocycles. The van der Waals surface area contributed by atoms with Gasteiger partial charge in [0.1, 0.15) is 0 Å². The van der Waals surface area contributed by atoms with E-state index in [0.717, 1.165) is 31.4 Å². The van der Waals surface area contributed by atoms with Crippen molar-refractivity contribution in [3.8, 4) is 0 Å². The number of anilines is 1. The smallest absolute Gasteiger partial charge is 0.227 e. The highest BCUT2D eigenvalue weighted by Crippen LogP contribution is 2.28. The van der Waals surface area contributed by atoms with E-state index in [-0.39, 0.29) is 17.7 Å². The number of amides is 2. The summed E-state index contributed by atoms with van der Waals surface area (Å²) in [5, 5.41) is 3.03. The molecule has 0 radical (unpaired) electrons. The maximum Gasteiger partial charge on any atom is 0.227 e. The van der Waals surface area contributed by atoms with Crippen molar-refractivity contribution < 1.29 is 9.59 Å². The van der Waals surface area contributed by atoms with Crippen LogP contribution < -0.4 is 10.2 Å². The zero-order valence-electron chi connectivity index (χ0n) is 12.5. The molecule has 1 saturated carbocycles. The van der Waals surface area contributed by atoms with Gasteiger partial charge in [-0.15, -0.1) is 0 Å². The Bertz CT molecular complexity index is 564. The molecular formula is C17H22N2O2. The minimum Gasteiger partial charge on any atom is -0.356 e. The zero-order valence-corrected chi connectivity index (χ0v) is 12.5. The summed E-state index contributed by atoms with van der Waals surface area (Å²) in [6.07, 6.45) is 5.54. The van der Waals surface area contributed by atoms with Crippen molar-refractivity contribution in [2.24, 2.45) is 5.92 Å². The molecule has 4 nitrogen and oxygen atoms in total. The minimum atomic E-state index is 0.183. The van der Waals surface area contributed by atoms with Crippen LogP contribution in [0.4, 0.5) is 5.69 Å². The average molecular weight is 286 g/mol. The number of aryl methyl sites for hydroxylation is 1. The Kier molecular flexibility index (Phi) is 3.95. The summed E-state index contributed by atoms with van der Waals surface area (Å²) in [4.78, 5) is 25.2. The average Bonchev–Trinajstić information content (AvgIpc) is 2.41. The van der Waals surface area contributed by atoms with Crippen LogP contribution in [-0.2, 0) is 22.4 Å². The molecule has 1 aromatic carbocycles. The zero-order chi connectivity index (χ0) is 14.8. The Morgan fingerprint density at radius 1 is 1.33 bits per heavy atom. The first-order chi connectivity index (χ1) is 10.1. The van der Waals surface area contributed by atoms with Crippen LogP contribution in [0.25, 0.3) is 0 Å². The van der Waals surface area contributed by atoms with Gasteiger partial charge in [0.2, 0.25) is 11.8 Å². The predicted octanol–water partition coefficient (Wildman–Crippen LogP) is 2.05. The van der Waals surface area contributed by atoms with Crippen LogP contribution in [0, 0.1) is 5.92 Å². The van der Waals surface area contributed by atoms with Crippen LogP contribution in [0.1, 0.15) is 36.8 Å². The van der Waals surface area contributed by atoms with E-state index in [9.17, 15) is 9.59 Å². The summed E-state index contributed by atoms with van der Waals surface area (Å²) < 4.78 is 0. The van der Waals surface area contributed by atoms with Crippen LogP contribution in [0.2, 0.25) is 0 Å². The van der Waals surface area contributed by atoms with Crippen molar-refractivity contribution >= 4 is 17.5 Å². The first-order valence-corrected chi connectivity index (χ1v) is 7.81. The van der Waals surface area contributed by atoms with E-state index in [2.05, 4.69) is 17.4 Å². The number of fused-ring (bicyclic) bond motifs is 1. The summed E-state index contributed by atoms with van der Waals surface area (Å²) >= 11 is 0. The standard InChI is InChI=1S/C17H22N2O2/c1-19-15-7-5-12(11-14(15)6-8-16(19)20)9-10-18-17(21)13-3-2-4-13/h5,7,11,13H,2-4,6,8-10H2,1H3,(H,18,21). The van der Waals surface area contributed by atoms with Crippen molar-refractivity contribution in [2.45, 2.75) is 38.5 Å². The fraction of sp³-hybridized carbons (Fsp3) is 0.529. The first-order valence-electron chi connectivity index (χ1n) is 7.81. The van der Waals surface area contributed by atoms with E-state index in [1.807, 2.05) is 13.1 Å². The lowest BCUT2D eigenvalue weighted by atomic mass is 9.85. The largest absolute Gasteiger partial charge is 0.356 e. The highest BCUT2D eigenvalue weighted by molar-refractivity contribution is 5.95. The van der Waals surface area contributed by atoms with Crippen LogP contribution in [-0.4, -0.2) is 25.4 Å². The molecule has 0 spiro atoms. The Morgan fingerprint density at radius 3 is 2.86 bits per heavy atom. The second-order valence-corrected chi connectivity index (χ2v) is 6.08. The molecular weight excluding hydrogens is 264 g/mol. The highest BCUT2D eigenvalue weighted by atomic mass is 16.2. The molecule has 1 N–H and O–H groups in total. The molecule has 1 aromatic rings. The van der Waals surface area contributed by atoms with Gasteiger partial charge in [0.25, 0.3) is 0 Å². The van der Waals surface area contributed by atoms with Gasteiger partial charge in [0.15, 0.2) is 0 Å². The van der Waals surface area contributed by atoms with Gasteiger partial charge in [-0.25, -0.2) is 0 Å². The Labute approximate surface area is 125 Å². The third kappa shape index (κ3) is 2.94. The molecule has 112 valence electrons. The van der Waals surface area contributed by atoms with E-state index in [1.165, 1.54) is 17.5 Å². The Balaban J connectivity index is 1.57. The summed E-state index contributed by atoms with van der Waals surface area (Å²) in [5.41, 5.74) is 3.49. The third-order valence-corrected chi connectivity index (χ3v) is 4.68. The van der Waals surface area contributed by atoms with E-state index in [4.69, 9.17) is 0 Å². The minimum absolute atomic E-state index is 0.183. The van der Waals surface area contributed by atoms with Crippen molar-refractivity contribution in [2.75, 3.05) is 18.5 Å². The molecule has 1 aliphatic heterocycles. The fourth-order valence-corrected chi connectivity index (χ4v) is 3.01. The molecule has 0 bridgehead atoms. The molecule has 21 heavy (non-hydrogen) atoms. The van der Waals surface area contributed by atoms with E-state index in [0.29, 0.717) is 13.0 Å². The monoisotopic (exact) mass is 286 g/mol. The number of carbonyl (C=O) groups excluding carboxylic acids is 2. The number of carbonyl (C=O) groups is 2. The van der Waals surface area contributed by atoms with Crippen LogP contribution in [0.5, 0.6) is 0 Å². The Morgan fingerprint density at radius 2 is 2.14 bits per heavy atom. The number of rotatable bonds is 4. The number of nitrogens with zero attached hydrogens (tertiary/aromatic N) is 1. The predicted molar refractivity (Wildman–Crippen MR) is 82.2 cm³/mol. The van der Waals surface area contributed by atoms with Gasteiger partial charge in [-0.05, 0) is 42.9 Å². The molecule has 4 heteroatoms. The van der Waals surface area contributed by atoms with Crippen LogP contribution >= 0.6 is 0 Å². The molecule has 2 amide bonds. The molecule has 0 aromatic heterocycles. The fourth-order valence-electron chi connectivity index (χ4n) is 3.01. The lowest BCUT2D eigenvalue weighted by molar-refractivity contribution is -0.127. The van der Waals surface area contributed by atoms with Crippen molar-refractivity contribution in [3.63, 3.8) is 0 Å². The summed E-state index contributed by atoms with van der Waals surface area (Å²) in [6, 6.07) is 6.26. The lowest BCUT2D eigenvalue weighted by Gasteiger charge is -2.26. The van der Waals surface area contributed by atoms with E-state index in [1.54, 1.807) is 4.90 Å². The molecule has 1 fully saturated rings. The van der Waals surface area contributed by atoms with Crippen LogP contribution in [0.3, 0.4) is 0 Å². The highest BCUT2D eigenvalue weighted by Gasteiger charge is 2.24. The molecule has 1 heterocycles. The summed E-state index contributed by atoms with van der Waals surface area (Å²) in [5.74, 6) is 0.653. The molecule has 0 unspecified atom stereocenters. The molecule has 2 aliphatic rings. The van der Waals surface area contributed by atoms with E-state index >= 15 is 0 Å². The normalized spacial score (nSPS) is 18.1. The number of nitrogens with one attached hydrogen (secondary N) is 1. The first kappa shape index (κ1) is 14.1. The number of hydrogen-bond donors (Lipinski definition) is 1. The van der Waals surface area contributed by atoms with Crippen molar-refractivity contribution in [1.29, 1.82) is 0 Å². The Hall–Kier alpha value is -1.84. The maximum atomic E-state index is 11.8. The quantitative estimate of drug-likeness (QED) is 0.921. The van der Waals surface area contributed by atoms with Crippen molar-refractivity contribution in [3.05, 3.63) is 29.3 Å². The molecule has 0 atom stereocenters. The third-order valence-electron chi connectivity index (χ3n) is 4.68. The van der Waals surface area contributed by atoms with Gasteiger partial charge in [-0.1, -0.05) is 18.6 Å². The molecule has 1 aliphatic carbocycles. The topological polar surface area (TPSA) is 49.4 Å². The summed E-state index contributed by atoms with van der Waals surface area (Å²) in [7, 11) is 1.83. The van der Waals surface area contributed by atoms with Gasteiger partial charge < -0.3 is 10.2 Å². The van der Waals surface area contributed by atoms with Crippen LogP contribution in [0.15, 0.2) is 18.2 Å². The van der Waals surface area contributed by atoms with Gasteiger partial charge in [-0.3, -0.25) is 9.59 Å². The lowest BCUT2D eigenvalue weighted by Crippen LogP contribution is -2.35. The second kappa shape index (κ2) is 5.88. The maximum absolute atomic E-state index is 11.8. The van der Waals surface area contributed by atoms with E-state index < -0.39 is 0 Å². The SMILES string of the molecule is CN1C(=O)CCc2cc(CCNC(=O)C3CCC3)ccc21. The molecule has 3 rings (SSSR count). The van der Waals surface area contributed by atoms with Gasteiger partial charge >= 0.3 is 0 Å². The number of benzene rings is 1.